The van der Waals surface area contributed by atoms with Crippen molar-refractivity contribution in [2.24, 2.45) is 0 Å². The van der Waals surface area contributed by atoms with Gasteiger partial charge in [-0.2, -0.15) is 0 Å². The summed E-state index contributed by atoms with van der Waals surface area (Å²) in [5.74, 6) is 1.96. The summed E-state index contributed by atoms with van der Waals surface area (Å²) in [6.07, 6.45) is 0. The van der Waals surface area contributed by atoms with Crippen LogP contribution in [-0.4, -0.2) is 15.0 Å². The summed E-state index contributed by atoms with van der Waals surface area (Å²) in [4.78, 5) is 14.9. The van der Waals surface area contributed by atoms with Crippen molar-refractivity contribution in [3.8, 4) is 67.5 Å². The first kappa shape index (κ1) is 34.8. The predicted octanol–water partition coefficient (Wildman–Crippen LogP) is 13.6. The Morgan fingerprint density at radius 1 is 0.242 bits per heavy atom. The smallest absolute Gasteiger partial charge is 0.164 e. The molecule has 9 aromatic carbocycles. The van der Waals surface area contributed by atoms with Crippen molar-refractivity contribution in [1.29, 1.82) is 0 Å². The first-order valence-electron chi connectivity index (χ1n) is 21.4. The molecule has 0 N–H and O–H groups in total. The fourth-order valence-electron chi connectivity index (χ4n) is 11.2. The molecule has 0 radical (unpaired) electrons. The topological polar surface area (TPSA) is 38.7 Å². The molecule has 1 aromatic heterocycles. The predicted molar refractivity (Wildman–Crippen MR) is 250 cm³/mol. The maximum absolute atomic E-state index is 4.99. The molecule has 288 valence electrons. The highest BCUT2D eigenvalue weighted by molar-refractivity contribution is 5.96. The van der Waals surface area contributed by atoms with Crippen molar-refractivity contribution >= 4 is 0 Å². The van der Waals surface area contributed by atoms with Crippen LogP contribution in [0.3, 0.4) is 0 Å². The molecule has 0 bridgehead atoms. The second-order valence-electron chi connectivity index (χ2n) is 16.6. The average Bonchev–Trinajstić information content (AvgIpc) is 3.83. The van der Waals surface area contributed by atoms with Crippen LogP contribution in [0.4, 0.5) is 0 Å². The number of hydrogen-bond donors (Lipinski definition) is 0. The van der Waals surface area contributed by atoms with E-state index in [1.165, 1.54) is 72.3 Å². The molecule has 2 unspecified atom stereocenters. The second-order valence-corrected chi connectivity index (χ2v) is 16.6. The lowest BCUT2D eigenvalue weighted by atomic mass is 9.52. The monoisotopic (exact) mass is 787 g/mol. The molecule has 3 heteroatoms. The Kier molecular flexibility index (Phi) is 7.44. The maximum atomic E-state index is 4.99. The second kappa shape index (κ2) is 13.2. The molecule has 13 rings (SSSR count). The molecule has 0 aliphatic heterocycles. The van der Waals surface area contributed by atoms with Gasteiger partial charge in [0.05, 0.1) is 10.8 Å². The highest BCUT2D eigenvalue weighted by atomic mass is 15.0. The summed E-state index contributed by atoms with van der Waals surface area (Å²) in [6.45, 7) is 0. The molecular formula is C59H37N3. The van der Waals surface area contributed by atoms with Crippen molar-refractivity contribution in [1.82, 2.24) is 15.0 Å². The number of hydrogen-bond acceptors (Lipinski definition) is 3. The molecule has 62 heavy (non-hydrogen) atoms. The maximum Gasteiger partial charge on any atom is 0.164 e. The van der Waals surface area contributed by atoms with Gasteiger partial charge < -0.3 is 0 Å². The summed E-state index contributed by atoms with van der Waals surface area (Å²) >= 11 is 0. The summed E-state index contributed by atoms with van der Waals surface area (Å²) in [5, 5.41) is 0. The molecule has 1 heterocycles. The van der Waals surface area contributed by atoms with Gasteiger partial charge in [0.1, 0.15) is 0 Å². The van der Waals surface area contributed by atoms with Crippen LogP contribution < -0.4 is 0 Å². The van der Waals surface area contributed by atoms with Gasteiger partial charge in [-0.15, -0.1) is 0 Å². The van der Waals surface area contributed by atoms with Crippen LogP contribution in [0.25, 0.3) is 67.5 Å². The molecule has 3 aliphatic rings. The SMILES string of the molecule is c1ccc(-c2nc(-c3ccccc3)nc(-c3ccc(-c4ccc5c(c4)-c4ccccc4C54c5ccccc5C5(c6ccccc6)c6ccccc6-c6cccc4c65)cc3)n2)cc1. The van der Waals surface area contributed by atoms with Crippen LogP contribution in [0.5, 0.6) is 0 Å². The molecule has 3 nitrogen and oxygen atoms in total. The molecule has 10 aromatic rings. The van der Waals surface area contributed by atoms with Crippen LogP contribution in [0.2, 0.25) is 0 Å². The largest absolute Gasteiger partial charge is 0.208 e. The zero-order valence-corrected chi connectivity index (χ0v) is 33.7. The van der Waals surface area contributed by atoms with E-state index in [9.17, 15) is 0 Å². The Hall–Kier alpha value is -8.01. The third kappa shape index (κ3) is 4.68. The van der Waals surface area contributed by atoms with Gasteiger partial charge >= 0.3 is 0 Å². The molecule has 1 spiro atoms. The van der Waals surface area contributed by atoms with Crippen molar-refractivity contribution in [3.63, 3.8) is 0 Å². The van der Waals surface area contributed by atoms with Crippen LogP contribution in [-0.2, 0) is 10.8 Å². The van der Waals surface area contributed by atoms with Gasteiger partial charge in [0.25, 0.3) is 0 Å². The zero-order valence-electron chi connectivity index (χ0n) is 33.7. The minimum atomic E-state index is -0.512. The lowest BCUT2D eigenvalue weighted by molar-refractivity contribution is 0.636. The summed E-state index contributed by atoms with van der Waals surface area (Å²) < 4.78 is 0. The van der Waals surface area contributed by atoms with Crippen LogP contribution in [0.1, 0.15) is 44.5 Å². The quantitative estimate of drug-likeness (QED) is 0.174. The minimum Gasteiger partial charge on any atom is -0.208 e. The molecule has 0 fully saturated rings. The van der Waals surface area contributed by atoms with Gasteiger partial charge in [0, 0.05) is 16.7 Å². The van der Waals surface area contributed by atoms with Gasteiger partial charge in [-0.25, -0.2) is 15.0 Å². The lowest BCUT2D eigenvalue weighted by Gasteiger charge is -2.48. The van der Waals surface area contributed by atoms with Gasteiger partial charge in [0.2, 0.25) is 0 Å². The summed E-state index contributed by atoms with van der Waals surface area (Å²) in [6, 6.07) is 81.8. The van der Waals surface area contributed by atoms with E-state index in [0.717, 1.165) is 22.3 Å². The zero-order chi connectivity index (χ0) is 40.8. The number of aromatic nitrogens is 3. The van der Waals surface area contributed by atoms with E-state index in [0.29, 0.717) is 17.5 Å². The fraction of sp³-hybridized carbons (Fsp3) is 0.0339. The molecule has 0 saturated heterocycles. The highest BCUT2D eigenvalue weighted by Gasteiger charge is 2.59. The Labute approximate surface area is 360 Å². The van der Waals surface area contributed by atoms with E-state index >= 15 is 0 Å². The third-order valence-corrected chi connectivity index (χ3v) is 13.6. The Bertz CT molecular complexity index is 3340. The summed E-state index contributed by atoms with van der Waals surface area (Å²) in [7, 11) is 0. The summed E-state index contributed by atoms with van der Waals surface area (Å²) in [5.41, 5.74) is 20.2. The number of fused-ring (bicyclic) bond motifs is 12. The average molecular weight is 788 g/mol. The molecule has 0 amide bonds. The fourth-order valence-corrected chi connectivity index (χ4v) is 11.2. The first-order chi connectivity index (χ1) is 30.7. The molecule has 3 aliphatic carbocycles. The van der Waals surface area contributed by atoms with Crippen molar-refractivity contribution in [2.45, 2.75) is 10.8 Å². The Balaban J connectivity index is 0.984. The Morgan fingerprint density at radius 3 is 1.26 bits per heavy atom. The first-order valence-corrected chi connectivity index (χ1v) is 21.4. The molecule has 2 atom stereocenters. The molecular weight excluding hydrogens is 751 g/mol. The van der Waals surface area contributed by atoms with E-state index < -0.39 is 10.8 Å². The van der Waals surface area contributed by atoms with Crippen LogP contribution in [0, 0.1) is 0 Å². The third-order valence-electron chi connectivity index (χ3n) is 13.6. The number of nitrogens with zero attached hydrogens (tertiary/aromatic N) is 3. The van der Waals surface area contributed by atoms with E-state index in [-0.39, 0.29) is 0 Å². The van der Waals surface area contributed by atoms with E-state index in [1.54, 1.807) is 0 Å². The number of rotatable bonds is 5. The normalized spacial score (nSPS) is 17.2. The van der Waals surface area contributed by atoms with Crippen molar-refractivity contribution in [2.75, 3.05) is 0 Å². The minimum absolute atomic E-state index is 0.451. The molecule has 0 saturated carbocycles. The van der Waals surface area contributed by atoms with Crippen LogP contribution >= 0.6 is 0 Å². The lowest BCUT2D eigenvalue weighted by Crippen LogP contribution is -2.43. The van der Waals surface area contributed by atoms with Gasteiger partial charge in [-0.05, 0) is 84.0 Å². The van der Waals surface area contributed by atoms with Gasteiger partial charge in [0.15, 0.2) is 17.5 Å². The standard InChI is InChI=1S/C59H37N3/c1-4-17-39(18-5-1)55-60-56(40-19-6-2-7-20-40)62-57(61-55)41-33-31-38(32-34-41)42-35-36-50-47(37-42)45-24-11-13-27-49(45)59(50)52-29-15-14-28-51(52)58(43-21-8-3-9-22-43)48-26-12-10-23-44(48)46-25-16-30-53(59)54(46)58/h1-37H. The highest BCUT2D eigenvalue weighted by Crippen LogP contribution is 2.68. The van der Waals surface area contributed by atoms with E-state index in [1.807, 2.05) is 60.7 Å². The van der Waals surface area contributed by atoms with Crippen LogP contribution in [0.15, 0.2) is 224 Å². The van der Waals surface area contributed by atoms with Gasteiger partial charge in [-0.1, -0.05) is 218 Å². The number of benzene rings is 9. The van der Waals surface area contributed by atoms with Gasteiger partial charge in [-0.3, -0.25) is 0 Å². The van der Waals surface area contributed by atoms with Crippen molar-refractivity contribution in [3.05, 3.63) is 269 Å². The van der Waals surface area contributed by atoms with Crippen molar-refractivity contribution < 1.29 is 0 Å². The van der Waals surface area contributed by atoms with E-state index in [4.69, 9.17) is 15.0 Å². The van der Waals surface area contributed by atoms with E-state index in [2.05, 4.69) is 164 Å². The Morgan fingerprint density at radius 2 is 0.645 bits per heavy atom.